The van der Waals surface area contributed by atoms with E-state index in [4.69, 9.17) is 9.47 Å². The summed E-state index contributed by atoms with van der Waals surface area (Å²) < 4.78 is 65.4. The van der Waals surface area contributed by atoms with Crippen molar-refractivity contribution in [3.63, 3.8) is 0 Å². The van der Waals surface area contributed by atoms with E-state index in [2.05, 4.69) is 0 Å². The lowest BCUT2D eigenvalue weighted by Crippen LogP contribution is -2.35. The van der Waals surface area contributed by atoms with Crippen molar-refractivity contribution in [3.05, 3.63) is 75.6 Å². The highest BCUT2D eigenvalue weighted by atomic mass is 19.4. The second-order valence-electron chi connectivity index (χ2n) is 8.38. The Hall–Kier alpha value is -3.33. The van der Waals surface area contributed by atoms with Crippen LogP contribution in [0.1, 0.15) is 28.7 Å². The molecule has 0 bridgehead atoms. The van der Waals surface area contributed by atoms with E-state index in [0.717, 1.165) is 11.6 Å². The number of aliphatic carboxylic acids is 1. The molecule has 34 heavy (non-hydrogen) atoms. The summed E-state index contributed by atoms with van der Waals surface area (Å²) in [6, 6.07) is 6.63. The number of nitrogens with zero attached hydrogens (tertiary/aromatic N) is 1. The first-order valence-electron chi connectivity index (χ1n) is 10.7. The molecule has 2 aromatic rings. The van der Waals surface area contributed by atoms with E-state index >= 15 is 0 Å². The summed E-state index contributed by atoms with van der Waals surface area (Å²) in [5.41, 5.74) is 1.11. The molecule has 0 saturated heterocycles. The first-order chi connectivity index (χ1) is 16.1. The number of aryl methyl sites for hydroxylation is 1. The van der Waals surface area contributed by atoms with E-state index in [9.17, 15) is 27.5 Å². The maximum atomic E-state index is 14.8. The minimum atomic E-state index is -4.46. The molecule has 0 saturated carbocycles. The Morgan fingerprint density at radius 1 is 1.24 bits per heavy atom. The Bertz CT molecular complexity index is 1170. The van der Waals surface area contributed by atoms with E-state index in [1.54, 1.807) is 12.2 Å². The molecule has 2 heterocycles. The smallest absolute Gasteiger partial charge is 0.416 e. The lowest BCUT2D eigenvalue weighted by atomic mass is 10.0. The van der Waals surface area contributed by atoms with Gasteiger partial charge in [0.05, 0.1) is 11.1 Å². The zero-order valence-electron chi connectivity index (χ0n) is 18.4. The highest BCUT2D eigenvalue weighted by Crippen LogP contribution is 2.35. The van der Waals surface area contributed by atoms with E-state index in [1.807, 2.05) is 4.90 Å². The average molecular weight is 477 g/mol. The van der Waals surface area contributed by atoms with Gasteiger partial charge in [0.1, 0.15) is 30.5 Å². The van der Waals surface area contributed by atoms with Crippen LogP contribution in [0.4, 0.5) is 17.6 Å². The van der Waals surface area contributed by atoms with Gasteiger partial charge in [-0.3, -0.25) is 4.90 Å². The predicted molar refractivity (Wildman–Crippen MR) is 117 cm³/mol. The molecule has 4 rings (SSSR count). The number of fused-ring (bicyclic) bond motifs is 1. The van der Waals surface area contributed by atoms with Crippen molar-refractivity contribution in [3.8, 4) is 11.5 Å². The average Bonchev–Trinajstić information content (AvgIpc) is 2.78. The molecule has 0 spiro atoms. The van der Waals surface area contributed by atoms with Crippen LogP contribution in [0.5, 0.6) is 11.5 Å². The van der Waals surface area contributed by atoms with E-state index in [0.29, 0.717) is 37.2 Å². The van der Waals surface area contributed by atoms with Crippen LogP contribution in [0.25, 0.3) is 6.08 Å². The number of alkyl halides is 3. The van der Waals surface area contributed by atoms with E-state index in [1.165, 1.54) is 31.2 Å². The molecule has 180 valence electrons. The third-order valence-corrected chi connectivity index (χ3v) is 5.77. The summed E-state index contributed by atoms with van der Waals surface area (Å²) >= 11 is 0. The highest BCUT2D eigenvalue weighted by Gasteiger charge is 2.32. The molecule has 2 aromatic carbocycles. The van der Waals surface area contributed by atoms with Crippen molar-refractivity contribution >= 4 is 12.0 Å². The first kappa shape index (κ1) is 23.8. The lowest BCUT2D eigenvalue weighted by molar-refractivity contribution is -0.138. The van der Waals surface area contributed by atoms with Gasteiger partial charge >= 0.3 is 12.1 Å². The molecule has 0 amide bonds. The van der Waals surface area contributed by atoms with Crippen LogP contribution in [0.2, 0.25) is 0 Å². The van der Waals surface area contributed by atoms with Crippen molar-refractivity contribution in [1.82, 2.24) is 4.90 Å². The van der Waals surface area contributed by atoms with Crippen LogP contribution in [0.15, 0.2) is 47.6 Å². The molecular weight excluding hydrogens is 454 g/mol. The number of ether oxygens (including phenoxy) is 2. The number of carboxylic acids is 1. The van der Waals surface area contributed by atoms with Gasteiger partial charge in [-0.25, -0.2) is 9.18 Å². The van der Waals surface area contributed by atoms with Gasteiger partial charge in [-0.05, 0) is 42.2 Å². The number of hydrogen-bond donors (Lipinski definition) is 1. The number of hydrogen-bond acceptors (Lipinski definition) is 4. The normalized spacial score (nSPS) is 16.3. The number of carboxylic acid groups (broad SMARTS) is 1. The molecule has 9 heteroatoms. The summed E-state index contributed by atoms with van der Waals surface area (Å²) in [4.78, 5) is 13.2. The number of benzene rings is 2. The Labute approximate surface area is 193 Å². The summed E-state index contributed by atoms with van der Waals surface area (Å²) in [6.07, 6.45) is -0.434. The van der Waals surface area contributed by atoms with Gasteiger partial charge in [-0.2, -0.15) is 13.2 Å². The first-order valence-corrected chi connectivity index (χ1v) is 10.7. The van der Waals surface area contributed by atoms with Crippen LogP contribution in [0.3, 0.4) is 0 Å². The molecule has 0 atom stereocenters. The molecule has 0 radical (unpaired) electrons. The van der Waals surface area contributed by atoms with Crippen LogP contribution < -0.4 is 9.47 Å². The topological polar surface area (TPSA) is 59.0 Å². The summed E-state index contributed by atoms with van der Waals surface area (Å²) in [6.45, 7) is 2.91. The van der Waals surface area contributed by atoms with Gasteiger partial charge in [0.15, 0.2) is 0 Å². The minimum Gasteiger partial charge on any atom is -0.489 e. The number of rotatable bonds is 6. The van der Waals surface area contributed by atoms with Gasteiger partial charge in [-0.15, -0.1) is 0 Å². The second-order valence-corrected chi connectivity index (χ2v) is 8.38. The molecule has 0 aliphatic carbocycles. The standard InChI is InChI=1S/C25H23F4NO4/c1-15-4-5-16(8-21(15)25(27,28)29)13-33-19-9-22(26)20-7-17(14-34-23(20)10-19)11-30-6-2-3-18(12-30)24(31)32/h3-5,7-10H,2,6,11-14H2,1H3,(H,31,32). The summed E-state index contributed by atoms with van der Waals surface area (Å²) in [7, 11) is 0. The highest BCUT2D eigenvalue weighted by molar-refractivity contribution is 5.87. The van der Waals surface area contributed by atoms with Gasteiger partial charge in [0.25, 0.3) is 0 Å². The number of halogens is 4. The molecule has 0 fully saturated rings. The van der Waals surface area contributed by atoms with Gasteiger partial charge < -0.3 is 14.6 Å². The third-order valence-electron chi connectivity index (χ3n) is 5.77. The van der Waals surface area contributed by atoms with Gasteiger partial charge in [0, 0.05) is 37.3 Å². The zero-order chi connectivity index (χ0) is 24.5. The summed E-state index contributed by atoms with van der Waals surface area (Å²) in [5.74, 6) is -1.09. The summed E-state index contributed by atoms with van der Waals surface area (Å²) in [5, 5.41) is 9.19. The SMILES string of the molecule is Cc1ccc(COc2cc(F)c3c(c2)OCC(CN2CCC=C(C(=O)O)C2)=C3)cc1C(F)(F)F. The van der Waals surface area contributed by atoms with Crippen molar-refractivity contribution < 1.29 is 36.9 Å². The minimum absolute atomic E-state index is 0.117. The van der Waals surface area contributed by atoms with Gasteiger partial charge in [0.2, 0.25) is 0 Å². The Balaban J connectivity index is 1.45. The third kappa shape index (κ3) is 5.41. The molecule has 0 aromatic heterocycles. The number of carbonyl (C=O) groups is 1. The van der Waals surface area contributed by atoms with E-state index in [-0.39, 0.29) is 35.8 Å². The Kier molecular flexibility index (Phi) is 6.65. The molecule has 2 aliphatic rings. The zero-order valence-corrected chi connectivity index (χ0v) is 18.4. The fourth-order valence-electron chi connectivity index (χ4n) is 4.03. The predicted octanol–water partition coefficient (Wildman–Crippen LogP) is 5.22. The fraction of sp³-hybridized carbons (Fsp3) is 0.320. The Morgan fingerprint density at radius 3 is 2.76 bits per heavy atom. The van der Waals surface area contributed by atoms with Crippen molar-refractivity contribution in [2.45, 2.75) is 26.1 Å². The van der Waals surface area contributed by atoms with Crippen molar-refractivity contribution in [1.29, 1.82) is 0 Å². The fourth-order valence-corrected chi connectivity index (χ4v) is 4.03. The van der Waals surface area contributed by atoms with Crippen LogP contribution >= 0.6 is 0 Å². The maximum Gasteiger partial charge on any atom is 0.416 e. The van der Waals surface area contributed by atoms with Crippen LogP contribution in [0, 0.1) is 12.7 Å². The van der Waals surface area contributed by atoms with E-state index < -0.39 is 23.5 Å². The monoisotopic (exact) mass is 477 g/mol. The van der Waals surface area contributed by atoms with Crippen molar-refractivity contribution in [2.24, 2.45) is 0 Å². The maximum absolute atomic E-state index is 14.8. The van der Waals surface area contributed by atoms with Crippen LogP contribution in [-0.4, -0.2) is 42.2 Å². The molecule has 2 aliphatic heterocycles. The molecule has 0 unspecified atom stereocenters. The lowest BCUT2D eigenvalue weighted by Gasteiger charge is -2.28. The van der Waals surface area contributed by atoms with Crippen molar-refractivity contribution in [2.75, 3.05) is 26.2 Å². The quantitative estimate of drug-likeness (QED) is 0.578. The second kappa shape index (κ2) is 9.50. The Morgan fingerprint density at radius 2 is 2.03 bits per heavy atom. The van der Waals surface area contributed by atoms with Gasteiger partial charge in [-0.1, -0.05) is 18.2 Å². The molecule has 1 N–H and O–H groups in total. The molecular formula is C25H23F4NO4. The largest absolute Gasteiger partial charge is 0.489 e. The van der Waals surface area contributed by atoms with Crippen LogP contribution in [-0.2, 0) is 17.6 Å². The molecule has 5 nitrogen and oxygen atoms in total.